The van der Waals surface area contributed by atoms with Gasteiger partial charge in [-0.1, -0.05) is 30.3 Å². The number of nitrogens with zero attached hydrogens (tertiary/aromatic N) is 4. The van der Waals surface area contributed by atoms with Gasteiger partial charge in [-0.2, -0.15) is 15.0 Å². The average Bonchev–Trinajstić information content (AvgIpc) is 2.69. The van der Waals surface area contributed by atoms with Gasteiger partial charge in [-0.05, 0) is 38.2 Å². The highest BCUT2D eigenvalue weighted by Crippen LogP contribution is 2.19. The Kier molecular flexibility index (Phi) is 6.33. The molecule has 1 aromatic heterocycles. The predicted molar refractivity (Wildman–Crippen MR) is 107 cm³/mol. The lowest BCUT2D eigenvalue weighted by Crippen LogP contribution is -2.29. The van der Waals surface area contributed by atoms with Crippen molar-refractivity contribution in [2.24, 2.45) is 0 Å². The summed E-state index contributed by atoms with van der Waals surface area (Å²) in [5.41, 5.74) is 6.72. The molecule has 0 aliphatic heterocycles. The summed E-state index contributed by atoms with van der Waals surface area (Å²) < 4.78 is 19.1. The molecule has 3 N–H and O–H groups in total. The number of nitrogens with one attached hydrogen (secondary N) is 1. The Labute approximate surface area is 163 Å². The van der Waals surface area contributed by atoms with Crippen molar-refractivity contribution in [3.63, 3.8) is 0 Å². The topological polar surface area (TPSA) is 89.2 Å². The molecule has 0 aliphatic carbocycles. The number of aromatic nitrogens is 3. The number of benzene rings is 2. The van der Waals surface area contributed by atoms with Gasteiger partial charge in [0.15, 0.2) is 17.4 Å². The van der Waals surface area contributed by atoms with E-state index in [9.17, 15) is 4.39 Å². The maximum atomic E-state index is 13.6. The lowest BCUT2D eigenvalue weighted by molar-refractivity contribution is 0.192. The van der Waals surface area contributed by atoms with Crippen LogP contribution < -0.4 is 15.8 Å². The normalized spacial score (nSPS) is 12.0. The summed E-state index contributed by atoms with van der Waals surface area (Å²) in [4.78, 5) is 14.9. The monoisotopic (exact) mass is 382 g/mol. The van der Waals surface area contributed by atoms with Crippen molar-refractivity contribution >= 4 is 17.6 Å². The standard InChI is InChI=1S/C20H23FN6O/c1-14(27(2)12-13-28-17-11-7-6-10-16(17)21)18-24-19(22)26-20(25-18)23-15-8-4-3-5-9-15/h3-11,14H,12-13H2,1-2H3,(H3,22,23,24,25,26). The Morgan fingerprint density at radius 2 is 1.79 bits per heavy atom. The summed E-state index contributed by atoms with van der Waals surface area (Å²) in [5.74, 6) is 0.935. The van der Waals surface area contributed by atoms with Gasteiger partial charge in [0.05, 0.1) is 6.04 Å². The molecule has 1 unspecified atom stereocenters. The molecule has 0 aliphatic rings. The molecular formula is C20H23FN6O. The van der Waals surface area contributed by atoms with E-state index in [1.54, 1.807) is 18.2 Å². The molecule has 28 heavy (non-hydrogen) atoms. The quantitative estimate of drug-likeness (QED) is 0.617. The van der Waals surface area contributed by atoms with E-state index in [4.69, 9.17) is 10.5 Å². The van der Waals surface area contributed by atoms with Gasteiger partial charge in [-0.15, -0.1) is 0 Å². The SMILES string of the molecule is CC(c1nc(N)nc(Nc2ccccc2)n1)N(C)CCOc1ccccc1F. The first-order valence-electron chi connectivity index (χ1n) is 8.94. The first-order chi connectivity index (χ1) is 13.5. The number of nitrogens with two attached hydrogens (primary N) is 1. The van der Waals surface area contributed by atoms with Crippen LogP contribution in [0.1, 0.15) is 18.8 Å². The summed E-state index contributed by atoms with van der Waals surface area (Å²) in [6.07, 6.45) is 0. The summed E-state index contributed by atoms with van der Waals surface area (Å²) in [6, 6.07) is 15.8. The van der Waals surface area contributed by atoms with Crippen molar-refractivity contribution in [2.75, 3.05) is 31.2 Å². The molecular weight excluding hydrogens is 359 g/mol. The van der Waals surface area contributed by atoms with Crippen LogP contribution in [0.15, 0.2) is 54.6 Å². The van der Waals surface area contributed by atoms with E-state index in [-0.39, 0.29) is 23.6 Å². The minimum atomic E-state index is -0.375. The van der Waals surface area contributed by atoms with Crippen LogP contribution in [0.5, 0.6) is 5.75 Å². The molecule has 0 saturated heterocycles. The molecule has 0 amide bonds. The predicted octanol–water partition coefficient (Wildman–Crippen LogP) is 3.41. The van der Waals surface area contributed by atoms with Gasteiger partial charge in [-0.3, -0.25) is 4.90 Å². The number of halogens is 1. The molecule has 3 rings (SSSR count). The molecule has 8 heteroatoms. The van der Waals surface area contributed by atoms with Crippen LogP contribution in [0.3, 0.4) is 0 Å². The Bertz CT molecular complexity index is 908. The number of hydrogen-bond donors (Lipinski definition) is 2. The molecule has 7 nitrogen and oxygen atoms in total. The van der Waals surface area contributed by atoms with Gasteiger partial charge in [0.1, 0.15) is 6.61 Å². The molecule has 1 atom stereocenters. The van der Waals surface area contributed by atoms with E-state index in [1.165, 1.54) is 6.07 Å². The smallest absolute Gasteiger partial charge is 0.232 e. The molecule has 2 aromatic carbocycles. The summed E-state index contributed by atoms with van der Waals surface area (Å²) >= 11 is 0. The molecule has 3 aromatic rings. The third kappa shape index (κ3) is 5.14. The van der Waals surface area contributed by atoms with Crippen LogP contribution >= 0.6 is 0 Å². The van der Waals surface area contributed by atoms with Crippen LogP contribution in [0, 0.1) is 5.82 Å². The van der Waals surface area contributed by atoms with Crippen molar-refractivity contribution in [2.45, 2.75) is 13.0 Å². The van der Waals surface area contributed by atoms with Gasteiger partial charge in [0.2, 0.25) is 11.9 Å². The zero-order valence-corrected chi connectivity index (χ0v) is 15.8. The molecule has 0 bridgehead atoms. The van der Waals surface area contributed by atoms with Gasteiger partial charge in [-0.25, -0.2) is 4.39 Å². The van der Waals surface area contributed by atoms with Crippen molar-refractivity contribution in [1.29, 1.82) is 0 Å². The second-order valence-electron chi connectivity index (χ2n) is 6.30. The number of anilines is 3. The number of likely N-dealkylation sites (N-methyl/N-ethyl adjacent to an activating group) is 1. The van der Waals surface area contributed by atoms with Crippen molar-refractivity contribution < 1.29 is 9.13 Å². The van der Waals surface area contributed by atoms with Gasteiger partial charge in [0.25, 0.3) is 0 Å². The third-order valence-corrected chi connectivity index (χ3v) is 4.27. The summed E-state index contributed by atoms with van der Waals surface area (Å²) in [5, 5.41) is 3.12. The lowest BCUT2D eigenvalue weighted by atomic mass is 10.3. The molecule has 0 fully saturated rings. The second kappa shape index (κ2) is 9.09. The maximum Gasteiger partial charge on any atom is 0.232 e. The van der Waals surface area contributed by atoms with Crippen LogP contribution in [-0.2, 0) is 0 Å². The first-order valence-corrected chi connectivity index (χ1v) is 8.94. The summed E-state index contributed by atoms with van der Waals surface area (Å²) in [6.45, 7) is 2.85. The van der Waals surface area contributed by atoms with E-state index in [0.29, 0.717) is 24.9 Å². The first kappa shape index (κ1) is 19.5. The number of para-hydroxylation sites is 2. The molecule has 0 saturated carbocycles. The number of rotatable bonds is 8. The van der Waals surface area contributed by atoms with E-state index in [1.807, 2.05) is 49.2 Å². The third-order valence-electron chi connectivity index (χ3n) is 4.27. The zero-order chi connectivity index (χ0) is 19.9. The Balaban J connectivity index is 1.62. The number of ether oxygens (including phenoxy) is 1. The van der Waals surface area contributed by atoms with Crippen molar-refractivity contribution in [1.82, 2.24) is 19.9 Å². The van der Waals surface area contributed by atoms with Crippen LogP contribution in [0.4, 0.5) is 22.0 Å². The van der Waals surface area contributed by atoms with Gasteiger partial charge in [0, 0.05) is 12.2 Å². The highest BCUT2D eigenvalue weighted by Gasteiger charge is 2.17. The fraction of sp³-hybridized carbons (Fsp3) is 0.250. The van der Waals surface area contributed by atoms with Gasteiger partial charge < -0.3 is 15.8 Å². The lowest BCUT2D eigenvalue weighted by Gasteiger charge is -2.23. The maximum absolute atomic E-state index is 13.6. The Hall–Kier alpha value is -3.26. The zero-order valence-electron chi connectivity index (χ0n) is 15.8. The van der Waals surface area contributed by atoms with E-state index in [2.05, 4.69) is 20.3 Å². The summed E-state index contributed by atoms with van der Waals surface area (Å²) in [7, 11) is 1.92. The Morgan fingerprint density at radius 3 is 2.54 bits per heavy atom. The van der Waals surface area contributed by atoms with Crippen LogP contribution in [-0.4, -0.2) is 40.1 Å². The molecule has 1 heterocycles. The van der Waals surface area contributed by atoms with Gasteiger partial charge >= 0.3 is 0 Å². The van der Waals surface area contributed by atoms with Crippen LogP contribution in [0.25, 0.3) is 0 Å². The number of nitrogen functional groups attached to an aromatic ring is 1. The largest absolute Gasteiger partial charge is 0.489 e. The van der Waals surface area contributed by atoms with Crippen molar-refractivity contribution in [3.8, 4) is 5.75 Å². The van der Waals surface area contributed by atoms with E-state index < -0.39 is 0 Å². The highest BCUT2D eigenvalue weighted by molar-refractivity contribution is 5.53. The second-order valence-corrected chi connectivity index (χ2v) is 6.30. The fourth-order valence-corrected chi connectivity index (χ4v) is 2.55. The molecule has 146 valence electrons. The van der Waals surface area contributed by atoms with E-state index in [0.717, 1.165) is 5.69 Å². The number of hydrogen-bond acceptors (Lipinski definition) is 7. The Morgan fingerprint density at radius 1 is 1.07 bits per heavy atom. The molecule has 0 spiro atoms. The van der Waals surface area contributed by atoms with E-state index >= 15 is 0 Å². The highest BCUT2D eigenvalue weighted by atomic mass is 19.1. The van der Waals surface area contributed by atoms with Crippen LogP contribution in [0.2, 0.25) is 0 Å². The fourth-order valence-electron chi connectivity index (χ4n) is 2.55. The van der Waals surface area contributed by atoms with Crippen molar-refractivity contribution in [3.05, 3.63) is 66.2 Å². The minimum absolute atomic E-state index is 0.133. The average molecular weight is 382 g/mol. The molecule has 0 radical (unpaired) electrons. The minimum Gasteiger partial charge on any atom is -0.489 e.